The second-order valence-corrected chi connectivity index (χ2v) is 7.66. The molecule has 0 aliphatic carbocycles. The van der Waals surface area contributed by atoms with Crippen LogP contribution in [0.2, 0.25) is 0 Å². The lowest BCUT2D eigenvalue weighted by Gasteiger charge is -2.25. The average Bonchev–Trinajstić information content (AvgIpc) is 2.58. The third-order valence-corrected chi connectivity index (χ3v) is 4.15. The Bertz CT molecular complexity index is 769. The Morgan fingerprint density at radius 2 is 1.19 bits per heavy atom. The minimum absolute atomic E-state index is 0.278. The molecule has 2 amide bonds. The number of nitrogens with two attached hydrogens (primary N) is 2. The predicted molar refractivity (Wildman–Crippen MR) is 107 cm³/mol. The highest BCUT2D eigenvalue weighted by molar-refractivity contribution is 6.84. The van der Waals surface area contributed by atoms with Gasteiger partial charge in [-0.15, -0.1) is 0 Å². The molecule has 0 heterocycles. The second-order valence-electron chi connectivity index (χ2n) is 5.37. The molecule has 9 heteroatoms. The van der Waals surface area contributed by atoms with E-state index in [-0.39, 0.29) is 5.70 Å². The topological polar surface area (TPSA) is 98.2 Å². The van der Waals surface area contributed by atoms with Crippen LogP contribution >= 0.6 is 34.8 Å². The molecule has 0 saturated carbocycles. The number of halogens is 3. The van der Waals surface area contributed by atoms with Crippen LogP contribution in [-0.2, 0) is 9.59 Å². The number of nitrogens with one attached hydrogen (secondary N) is 1. The van der Waals surface area contributed by atoms with Gasteiger partial charge in [-0.25, -0.2) is 0 Å². The highest BCUT2D eigenvalue weighted by Crippen LogP contribution is 2.35. The van der Waals surface area contributed by atoms with E-state index in [4.69, 9.17) is 46.3 Å². The molecule has 0 aromatic heterocycles. The minimum Gasteiger partial charge on any atom is -0.419 e. The zero-order chi connectivity index (χ0) is 19.3. The average molecular weight is 410 g/mol. The summed E-state index contributed by atoms with van der Waals surface area (Å²) in [6.07, 6.45) is 0. The number of amides is 2. The first-order valence-electron chi connectivity index (χ1n) is 7.49. The van der Waals surface area contributed by atoms with Gasteiger partial charge in [-0.05, 0) is 0 Å². The molecule has 5 nitrogen and oxygen atoms in total. The van der Waals surface area contributed by atoms with Crippen molar-refractivity contribution in [2.24, 2.45) is 11.5 Å². The Kier molecular flexibility index (Phi) is 6.59. The van der Waals surface area contributed by atoms with Crippen LogP contribution in [0, 0.1) is 0 Å². The maximum absolute atomic E-state index is 11.7. The molecular formula is C17H15BCl3N3O2. The minimum atomic E-state index is -2.12. The maximum Gasteiger partial charge on any atom is 0.320 e. The van der Waals surface area contributed by atoms with Gasteiger partial charge < -0.3 is 16.7 Å². The molecule has 2 aromatic rings. The highest BCUT2D eigenvalue weighted by atomic mass is 35.6. The SMILES string of the molecule is NC(=O)C(C(N)=O)=C(NB(c1ccccc1)c1ccccc1)C(Cl)(Cl)Cl. The zero-order valence-corrected chi connectivity index (χ0v) is 15.7. The van der Waals surface area contributed by atoms with Gasteiger partial charge in [0.15, 0.2) is 0 Å². The Balaban J connectivity index is 2.63. The zero-order valence-electron chi connectivity index (χ0n) is 13.5. The first-order chi connectivity index (χ1) is 12.2. The molecule has 2 rings (SSSR count). The molecule has 0 saturated heterocycles. The van der Waals surface area contributed by atoms with Crippen LogP contribution in [-0.4, -0.2) is 22.5 Å². The summed E-state index contributed by atoms with van der Waals surface area (Å²) in [7, 11) is 0. The maximum atomic E-state index is 11.7. The third-order valence-electron chi connectivity index (χ3n) is 3.58. The molecule has 26 heavy (non-hydrogen) atoms. The van der Waals surface area contributed by atoms with Crippen molar-refractivity contribution in [2.75, 3.05) is 0 Å². The van der Waals surface area contributed by atoms with E-state index in [0.717, 1.165) is 10.9 Å². The van der Waals surface area contributed by atoms with Gasteiger partial charge in [-0.1, -0.05) is 106 Å². The van der Waals surface area contributed by atoms with E-state index < -0.39 is 28.0 Å². The van der Waals surface area contributed by atoms with Crippen LogP contribution in [0.4, 0.5) is 0 Å². The van der Waals surface area contributed by atoms with Gasteiger partial charge >= 0.3 is 6.85 Å². The molecule has 0 radical (unpaired) electrons. The fourth-order valence-corrected chi connectivity index (χ4v) is 2.91. The molecule has 0 spiro atoms. The molecule has 5 N–H and O–H groups in total. The monoisotopic (exact) mass is 409 g/mol. The molecule has 0 bridgehead atoms. The lowest BCUT2D eigenvalue weighted by atomic mass is 9.50. The summed E-state index contributed by atoms with van der Waals surface area (Å²) in [6, 6.07) is 18.5. The van der Waals surface area contributed by atoms with E-state index in [2.05, 4.69) is 5.23 Å². The summed E-state index contributed by atoms with van der Waals surface area (Å²) in [5.41, 5.74) is 11.3. The van der Waals surface area contributed by atoms with Crippen LogP contribution in [0.1, 0.15) is 0 Å². The number of rotatable bonds is 6. The highest BCUT2D eigenvalue weighted by Gasteiger charge is 2.36. The van der Waals surface area contributed by atoms with E-state index in [1.165, 1.54) is 0 Å². The first kappa shape index (κ1) is 20.2. The molecule has 0 aliphatic heterocycles. The second kappa shape index (κ2) is 8.49. The number of hydrogen-bond donors (Lipinski definition) is 3. The summed E-state index contributed by atoms with van der Waals surface area (Å²) < 4.78 is -2.12. The van der Waals surface area contributed by atoms with Gasteiger partial charge in [0.2, 0.25) is 3.79 Å². The normalized spacial score (nSPS) is 10.7. The van der Waals surface area contributed by atoms with Gasteiger partial charge in [0, 0.05) is 0 Å². The van der Waals surface area contributed by atoms with Crippen LogP contribution in [0.15, 0.2) is 71.9 Å². The molecule has 0 unspecified atom stereocenters. The number of carbonyl (C=O) groups excluding carboxylic acids is 2. The van der Waals surface area contributed by atoms with Crippen molar-refractivity contribution < 1.29 is 9.59 Å². The summed E-state index contributed by atoms with van der Waals surface area (Å²) in [6.45, 7) is -0.517. The quantitative estimate of drug-likeness (QED) is 0.218. The third kappa shape index (κ3) is 4.94. The van der Waals surface area contributed by atoms with Crippen LogP contribution in [0.3, 0.4) is 0 Å². The van der Waals surface area contributed by atoms with Gasteiger partial charge in [0.05, 0.1) is 5.70 Å². The number of hydrogen-bond acceptors (Lipinski definition) is 3. The summed E-state index contributed by atoms with van der Waals surface area (Å²) in [4.78, 5) is 23.5. The van der Waals surface area contributed by atoms with Crippen LogP contribution in [0.25, 0.3) is 0 Å². The Morgan fingerprint density at radius 1 is 0.808 bits per heavy atom. The van der Waals surface area contributed by atoms with Crippen molar-refractivity contribution >= 4 is 64.4 Å². The number of alkyl halides is 3. The molecule has 0 fully saturated rings. The van der Waals surface area contributed by atoms with Crippen molar-refractivity contribution in [3.8, 4) is 0 Å². The standard InChI is InChI=1S/C17H15BCl3N3O2/c19-17(20,21)14(13(15(22)25)16(23)26)24-18(11-7-3-1-4-8-11)12-9-5-2-6-10-12/h1-10,24H,(H2,22,25)(H2,23,26). The van der Waals surface area contributed by atoms with Crippen molar-refractivity contribution in [1.29, 1.82) is 0 Å². The van der Waals surface area contributed by atoms with Gasteiger partial charge in [-0.3, -0.25) is 9.59 Å². The van der Waals surface area contributed by atoms with E-state index in [1.807, 2.05) is 60.7 Å². The van der Waals surface area contributed by atoms with Crippen molar-refractivity contribution in [3.63, 3.8) is 0 Å². The Morgan fingerprint density at radius 3 is 1.50 bits per heavy atom. The molecule has 0 atom stereocenters. The number of primary amides is 2. The lowest BCUT2D eigenvalue weighted by Crippen LogP contribution is -2.56. The van der Waals surface area contributed by atoms with Gasteiger partial charge in [0.25, 0.3) is 11.8 Å². The predicted octanol–water partition coefficient (Wildman–Crippen LogP) is 0.977. The number of carbonyl (C=O) groups is 2. The summed E-state index contributed by atoms with van der Waals surface area (Å²) >= 11 is 18.0. The smallest absolute Gasteiger partial charge is 0.320 e. The summed E-state index contributed by atoms with van der Waals surface area (Å²) in [5, 5.41) is 2.97. The molecule has 134 valence electrons. The number of benzene rings is 2. The van der Waals surface area contributed by atoms with E-state index in [9.17, 15) is 9.59 Å². The Labute approximate surface area is 166 Å². The molecular weight excluding hydrogens is 395 g/mol. The van der Waals surface area contributed by atoms with Gasteiger partial charge in [-0.2, -0.15) is 0 Å². The number of allylic oxidation sites excluding steroid dienone is 1. The fourth-order valence-electron chi connectivity index (χ4n) is 2.46. The van der Waals surface area contributed by atoms with Crippen LogP contribution < -0.4 is 27.6 Å². The van der Waals surface area contributed by atoms with Crippen molar-refractivity contribution in [1.82, 2.24) is 5.23 Å². The summed E-state index contributed by atoms with van der Waals surface area (Å²) in [5.74, 6) is -2.18. The van der Waals surface area contributed by atoms with Gasteiger partial charge in [0.1, 0.15) is 5.57 Å². The van der Waals surface area contributed by atoms with E-state index in [0.29, 0.717) is 0 Å². The van der Waals surface area contributed by atoms with E-state index >= 15 is 0 Å². The first-order valence-corrected chi connectivity index (χ1v) is 8.62. The molecule has 2 aromatic carbocycles. The van der Waals surface area contributed by atoms with E-state index in [1.54, 1.807) is 0 Å². The fraction of sp³-hybridized carbons (Fsp3) is 0.0588. The molecule has 0 aliphatic rings. The van der Waals surface area contributed by atoms with Crippen molar-refractivity contribution in [2.45, 2.75) is 3.79 Å². The largest absolute Gasteiger partial charge is 0.419 e. The van der Waals surface area contributed by atoms with Crippen LogP contribution in [0.5, 0.6) is 0 Å². The Hall–Kier alpha value is -2.15. The van der Waals surface area contributed by atoms with Crippen molar-refractivity contribution in [3.05, 3.63) is 71.9 Å². The lowest BCUT2D eigenvalue weighted by molar-refractivity contribution is -0.120.